The molecule has 0 saturated heterocycles. The normalized spacial score (nSPS) is 10.5. The monoisotopic (exact) mass is 266 g/mol. The van der Waals surface area contributed by atoms with Crippen molar-refractivity contribution >= 4 is 15.9 Å². The number of hydrogen-bond acceptors (Lipinski definition) is 3. The van der Waals surface area contributed by atoms with Gasteiger partial charge in [0, 0.05) is 24.5 Å². The van der Waals surface area contributed by atoms with E-state index in [0.717, 1.165) is 28.2 Å². The van der Waals surface area contributed by atoms with Gasteiger partial charge in [0.25, 0.3) is 0 Å². The third-order valence-corrected chi connectivity index (χ3v) is 2.43. The fraction of sp³-hybridized carbons (Fsp3) is 0.200. The number of halogens is 1. The summed E-state index contributed by atoms with van der Waals surface area (Å²) in [6, 6.07) is 3.89. The summed E-state index contributed by atoms with van der Waals surface area (Å²) in [6.45, 7) is 0.760. The Morgan fingerprint density at radius 3 is 2.80 bits per heavy atom. The number of H-pyrrole nitrogens is 1. The van der Waals surface area contributed by atoms with E-state index in [4.69, 9.17) is 0 Å². The zero-order valence-electron chi connectivity index (χ0n) is 8.29. The van der Waals surface area contributed by atoms with E-state index in [1.54, 1.807) is 12.4 Å². The Morgan fingerprint density at radius 1 is 1.40 bits per heavy atom. The second-order valence-electron chi connectivity index (χ2n) is 3.12. The Hall–Kier alpha value is -1.20. The zero-order valence-corrected chi connectivity index (χ0v) is 9.87. The van der Waals surface area contributed by atoms with Crippen LogP contribution in [0.1, 0.15) is 5.69 Å². The van der Waals surface area contributed by atoms with E-state index in [9.17, 15) is 0 Å². The van der Waals surface area contributed by atoms with E-state index >= 15 is 0 Å². The SMILES string of the molecule is CNCc1[nH]c(Br)nc1-c1ccncc1. The summed E-state index contributed by atoms with van der Waals surface area (Å²) < 4.78 is 0.750. The van der Waals surface area contributed by atoms with Gasteiger partial charge in [-0.15, -0.1) is 0 Å². The lowest BCUT2D eigenvalue weighted by Crippen LogP contribution is -2.06. The maximum atomic E-state index is 4.39. The van der Waals surface area contributed by atoms with Crippen LogP contribution in [0.25, 0.3) is 11.3 Å². The van der Waals surface area contributed by atoms with Crippen molar-refractivity contribution in [2.45, 2.75) is 6.54 Å². The van der Waals surface area contributed by atoms with Crippen LogP contribution in [0.5, 0.6) is 0 Å². The highest BCUT2D eigenvalue weighted by Crippen LogP contribution is 2.22. The molecule has 0 aliphatic carbocycles. The summed E-state index contributed by atoms with van der Waals surface area (Å²) >= 11 is 3.34. The largest absolute Gasteiger partial charge is 0.335 e. The summed E-state index contributed by atoms with van der Waals surface area (Å²) in [6.07, 6.45) is 3.53. The number of rotatable bonds is 3. The number of aromatic amines is 1. The molecule has 5 heteroatoms. The fourth-order valence-electron chi connectivity index (χ4n) is 1.43. The van der Waals surface area contributed by atoms with Crippen LogP contribution in [0.15, 0.2) is 29.3 Å². The third-order valence-electron chi connectivity index (χ3n) is 2.06. The molecule has 0 atom stereocenters. The lowest BCUT2D eigenvalue weighted by atomic mass is 10.1. The van der Waals surface area contributed by atoms with Crippen molar-refractivity contribution < 1.29 is 0 Å². The lowest BCUT2D eigenvalue weighted by molar-refractivity contribution is 0.797. The molecule has 0 saturated carbocycles. The minimum Gasteiger partial charge on any atom is -0.335 e. The molecule has 0 aliphatic heterocycles. The number of nitrogens with zero attached hydrogens (tertiary/aromatic N) is 2. The highest BCUT2D eigenvalue weighted by Gasteiger charge is 2.09. The van der Waals surface area contributed by atoms with E-state index in [0.29, 0.717) is 0 Å². The first-order valence-corrected chi connectivity index (χ1v) is 5.40. The molecular formula is C10H11BrN4. The first-order chi connectivity index (χ1) is 7.31. The topological polar surface area (TPSA) is 53.6 Å². The number of imidazole rings is 1. The molecule has 0 unspecified atom stereocenters. The van der Waals surface area contributed by atoms with Crippen molar-refractivity contribution in [1.29, 1.82) is 0 Å². The molecule has 0 bridgehead atoms. The Kier molecular flexibility index (Phi) is 3.13. The van der Waals surface area contributed by atoms with Gasteiger partial charge in [-0.25, -0.2) is 4.98 Å². The molecule has 2 aromatic heterocycles. The molecular weight excluding hydrogens is 256 g/mol. The minimum atomic E-state index is 0.750. The van der Waals surface area contributed by atoms with Crippen LogP contribution in [0.4, 0.5) is 0 Å². The Bertz CT molecular complexity index is 438. The van der Waals surface area contributed by atoms with Gasteiger partial charge in [-0.3, -0.25) is 4.98 Å². The molecule has 2 N–H and O–H groups in total. The van der Waals surface area contributed by atoms with Crippen LogP contribution in [-0.2, 0) is 6.54 Å². The minimum absolute atomic E-state index is 0.750. The Balaban J connectivity index is 2.43. The van der Waals surface area contributed by atoms with Gasteiger partial charge in [0.15, 0.2) is 4.73 Å². The molecule has 2 aromatic rings. The Morgan fingerprint density at radius 2 is 2.13 bits per heavy atom. The summed E-state index contributed by atoms with van der Waals surface area (Å²) in [5.41, 5.74) is 3.09. The van der Waals surface area contributed by atoms with Crippen LogP contribution in [-0.4, -0.2) is 22.0 Å². The first-order valence-electron chi connectivity index (χ1n) is 4.60. The van der Waals surface area contributed by atoms with Crippen molar-refractivity contribution in [2.24, 2.45) is 0 Å². The molecule has 0 radical (unpaired) electrons. The fourth-order valence-corrected chi connectivity index (χ4v) is 1.85. The van der Waals surface area contributed by atoms with Gasteiger partial charge >= 0.3 is 0 Å². The zero-order chi connectivity index (χ0) is 10.7. The van der Waals surface area contributed by atoms with Gasteiger partial charge in [-0.1, -0.05) is 0 Å². The van der Waals surface area contributed by atoms with Crippen LogP contribution in [0.2, 0.25) is 0 Å². The van der Waals surface area contributed by atoms with Crippen LogP contribution >= 0.6 is 15.9 Å². The van der Waals surface area contributed by atoms with E-state index in [2.05, 4.69) is 36.2 Å². The number of hydrogen-bond donors (Lipinski definition) is 2. The summed E-state index contributed by atoms with van der Waals surface area (Å²) in [7, 11) is 1.91. The highest BCUT2D eigenvalue weighted by molar-refractivity contribution is 9.10. The second kappa shape index (κ2) is 4.55. The summed E-state index contributed by atoms with van der Waals surface area (Å²) in [5, 5.41) is 3.10. The molecule has 4 nitrogen and oxygen atoms in total. The number of aromatic nitrogens is 3. The van der Waals surface area contributed by atoms with Gasteiger partial charge in [-0.2, -0.15) is 0 Å². The molecule has 0 aromatic carbocycles. The molecule has 0 spiro atoms. The van der Waals surface area contributed by atoms with Crippen molar-refractivity contribution in [2.75, 3.05) is 7.05 Å². The standard InChI is InChI=1S/C10H11BrN4/c1-12-6-8-9(15-10(11)14-8)7-2-4-13-5-3-7/h2-5,12H,6H2,1H3,(H,14,15). The van der Waals surface area contributed by atoms with Gasteiger partial charge < -0.3 is 10.3 Å². The molecule has 0 amide bonds. The predicted molar refractivity (Wildman–Crippen MR) is 62.3 cm³/mol. The average molecular weight is 267 g/mol. The molecule has 15 heavy (non-hydrogen) atoms. The van der Waals surface area contributed by atoms with Crippen molar-refractivity contribution in [1.82, 2.24) is 20.3 Å². The maximum Gasteiger partial charge on any atom is 0.175 e. The Labute approximate surface area is 96.3 Å². The van der Waals surface area contributed by atoms with E-state index < -0.39 is 0 Å². The predicted octanol–water partition coefficient (Wildman–Crippen LogP) is 1.95. The molecule has 2 rings (SSSR count). The smallest absolute Gasteiger partial charge is 0.175 e. The average Bonchev–Trinajstić information content (AvgIpc) is 2.62. The van der Waals surface area contributed by atoms with Gasteiger partial charge in [0.1, 0.15) is 0 Å². The van der Waals surface area contributed by atoms with Gasteiger partial charge in [0.2, 0.25) is 0 Å². The van der Waals surface area contributed by atoms with Gasteiger partial charge in [-0.05, 0) is 35.1 Å². The van der Waals surface area contributed by atoms with Crippen molar-refractivity contribution in [3.05, 3.63) is 35.0 Å². The van der Waals surface area contributed by atoms with Crippen molar-refractivity contribution in [3.8, 4) is 11.3 Å². The second-order valence-corrected chi connectivity index (χ2v) is 3.87. The summed E-state index contributed by atoms with van der Waals surface area (Å²) in [4.78, 5) is 11.5. The lowest BCUT2D eigenvalue weighted by Gasteiger charge is -2.00. The van der Waals surface area contributed by atoms with E-state index in [1.807, 2.05) is 19.2 Å². The maximum absolute atomic E-state index is 4.39. The first kappa shape index (κ1) is 10.3. The molecule has 0 fully saturated rings. The third kappa shape index (κ3) is 2.24. The van der Waals surface area contributed by atoms with Crippen LogP contribution in [0.3, 0.4) is 0 Å². The molecule has 78 valence electrons. The molecule has 0 aliphatic rings. The van der Waals surface area contributed by atoms with Crippen molar-refractivity contribution in [3.63, 3.8) is 0 Å². The van der Waals surface area contributed by atoms with Crippen LogP contribution < -0.4 is 5.32 Å². The number of nitrogens with one attached hydrogen (secondary N) is 2. The summed E-state index contributed by atoms with van der Waals surface area (Å²) in [5.74, 6) is 0. The highest BCUT2D eigenvalue weighted by atomic mass is 79.9. The molecule has 2 heterocycles. The van der Waals surface area contributed by atoms with Crippen LogP contribution in [0, 0.1) is 0 Å². The van der Waals surface area contributed by atoms with E-state index in [-0.39, 0.29) is 0 Å². The quantitative estimate of drug-likeness (QED) is 0.893. The van der Waals surface area contributed by atoms with Gasteiger partial charge in [0.05, 0.1) is 11.4 Å². The number of pyridine rings is 1. The van der Waals surface area contributed by atoms with E-state index in [1.165, 1.54) is 0 Å².